The number of ether oxygens (including phenoxy) is 1. The van der Waals surface area contributed by atoms with E-state index in [1.807, 2.05) is 0 Å². The van der Waals surface area contributed by atoms with Crippen LogP contribution in [0, 0.1) is 5.82 Å². The van der Waals surface area contributed by atoms with Crippen molar-refractivity contribution in [3.8, 4) is 0 Å². The fourth-order valence-corrected chi connectivity index (χ4v) is 4.22. The first-order valence-electron chi connectivity index (χ1n) is 10.6. The molecule has 2 aromatic rings. The molecule has 13 heteroatoms. The molecule has 4 rings (SSSR count). The summed E-state index contributed by atoms with van der Waals surface area (Å²) in [5.74, 6) is -0.320. The molecule has 0 saturated carbocycles. The van der Waals surface area contributed by atoms with E-state index in [1.165, 1.54) is 23.3 Å². The van der Waals surface area contributed by atoms with Crippen LogP contribution in [0.15, 0.2) is 42.5 Å². The lowest BCUT2D eigenvalue weighted by atomic mass is 10.1. The van der Waals surface area contributed by atoms with Gasteiger partial charge in [0.1, 0.15) is 5.82 Å². The largest absolute Gasteiger partial charge is 0.371 e. The van der Waals surface area contributed by atoms with E-state index in [0.29, 0.717) is 24.1 Å². The third-order valence-electron chi connectivity index (χ3n) is 5.08. The number of rotatable bonds is 4. The Balaban J connectivity index is 0.000000368. The molecule has 0 spiro atoms. The van der Waals surface area contributed by atoms with E-state index in [4.69, 9.17) is 25.4 Å². The molecule has 1 saturated heterocycles. The topological polar surface area (TPSA) is 133 Å². The van der Waals surface area contributed by atoms with E-state index < -0.39 is 20.2 Å². The van der Waals surface area contributed by atoms with Crippen LogP contribution < -0.4 is 5.32 Å². The van der Waals surface area contributed by atoms with Crippen molar-refractivity contribution in [3.63, 3.8) is 0 Å². The molecular weight excluding hydrogens is 523 g/mol. The Morgan fingerprint density at radius 1 is 1.06 bits per heavy atom. The van der Waals surface area contributed by atoms with Gasteiger partial charge in [0.2, 0.25) is 0 Å². The predicted octanol–water partition coefficient (Wildman–Crippen LogP) is 2.57. The lowest BCUT2D eigenvalue weighted by Crippen LogP contribution is -2.47. The van der Waals surface area contributed by atoms with Crippen LogP contribution in [0.1, 0.15) is 22.7 Å². The van der Waals surface area contributed by atoms with Gasteiger partial charge in [-0.15, -0.1) is 0 Å². The summed E-state index contributed by atoms with van der Waals surface area (Å²) in [6.45, 7) is 4.42. The second kappa shape index (κ2) is 13.1. The summed E-state index contributed by atoms with van der Waals surface area (Å²) in [4.78, 5) is 2.51. The number of hydrogen-bond acceptors (Lipinski definition) is 7. The lowest BCUT2D eigenvalue weighted by molar-refractivity contribution is -0.0189. The first-order chi connectivity index (χ1) is 16.2. The number of piperazine rings is 1. The van der Waals surface area contributed by atoms with Crippen molar-refractivity contribution in [3.05, 3.63) is 70.0 Å². The Kier molecular flexibility index (Phi) is 11.0. The van der Waals surface area contributed by atoms with Crippen LogP contribution in [0.5, 0.6) is 0 Å². The number of nitrogens with zero attached hydrogens (tertiary/aromatic N) is 1. The maximum Gasteiger partial charge on any atom is 0.261 e. The van der Waals surface area contributed by atoms with Gasteiger partial charge in [-0.1, -0.05) is 35.9 Å². The SMILES string of the molecule is CS(=O)(=O)O.CS(=O)(=O)O.Fc1cc(Cl)cc(COC2Cc3ccccc3C2N2CCNCC2)c1. The normalized spacial score (nSPS) is 20.2. The van der Waals surface area contributed by atoms with Crippen LogP contribution in [-0.4, -0.2) is 75.6 Å². The minimum atomic E-state index is -3.67. The molecule has 1 aliphatic heterocycles. The Hall–Kier alpha value is -1.64. The molecule has 1 aliphatic carbocycles. The summed E-state index contributed by atoms with van der Waals surface area (Å²) in [6, 6.07) is 13.4. The van der Waals surface area contributed by atoms with Gasteiger partial charge in [0.15, 0.2) is 0 Å². The highest BCUT2D eigenvalue weighted by Crippen LogP contribution is 2.38. The zero-order valence-corrected chi connectivity index (χ0v) is 21.8. The van der Waals surface area contributed by atoms with Gasteiger partial charge in [0.05, 0.1) is 31.3 Å². The van der Waals surface area contributed by atoms with Crippen LogP contribution in [0.4, 0.5) is 4.39 Å². The highest BCUT2D eigenvalue weighted by molar-refractivity contribution is 7.85. The molecule has 2 atom stereocenters. The highest BCUT2D eigenvalue weighted by Gasteiger charge is 2.37. The molecular formula is C22H30ClFN2O7S2. The van der Waals surface area contributed by atoms with Crippen molar-refractivity contribution in [2.45, 2.75) is 25.2 Å². The van der Waals surface area contributed by atoms with Crippen LogP contribution in [-0.2, 0) is 38.0 Å². The number of benzene rings is 2. The number of nitrogens with one attached hydrogen (secondary N) is 1. The maximum absolute atomic E-state index is 13.6. The van der Waals surface area contributed by atoms with E-state index >= 15 is 0 Å². The van der Waals surface area contributed by atoms with Gasteiger partial charge in [-0.25, -0.2) is 4.39 Å². The minimum Gasteiger partial charge on any atom is -0.371 e. The molecule has 1 heterocycles. The van der Waals surface area contributed by atoms with E-state index in [9.17, 15) is 21.2 Å². The van der Waals surface area contributed by atoms with E-state index in [0.717, 1.165) is 38.2 Å². The molecule has 0 amide bonds. The Bertz CT molecular complexity index is 1120. The van der Waals surface area contributed by atoms with Gasteiger partial charge < -0.3 is 10.1 Å². The molecule has 9 nitrogen and oxygen atoms in total. The smallest absolute Gasteiger partial charge is 0.261 e. The molecule has 3 N–H and O–H groups in total. The van der Waals surface area contributed by atoms with E-state index in [-0.39, 0.29) is 18.0 Å². The molecule has 0 aromatic heterocycles. The molecule has 1 fully saturated rings. The van der Waals surface area contributed by atoms with Gasteiger partial charge >= 0.3 is 0 Å². The standard InChI is InChI=1S/C20H22ClFN2O.2CH4O3S/c21-16-9-14(10-17(22)12-16)13-25-19-11-15-3-1-2-4-18(15)20(19)24-7-5-23-6-8-24;2*1-5(2,3)4/h1-4,9-10,12,19-20,23H,5-8,11,13H2;2*1H3,(H,2,3,4). The van der Waals surface area contributed by atoms with Crippen molar-refractivity contribution in [2.24, 2.45) is 0 Å². The summed E-state index contributed by atoms with van der Waals surface area (Å²) in [5.41, 5.74) is 3.50. The monoisotopic (exact) mass is 552 g/mol. The van der Waals surface area contributed by atoms with E-state index in [2.05, 4.69) is 34.5 Å². The zero-order chi connectivity index (χ0) is 26.2. The average Bonchev–Trinajstić information content (AvgIpc) is 3.08. The van der Waals surface area contributed by atoms with Crippen molar-refractivity contribution < 1.29 is 35.1 Å². The molecule has 0 radical (unpaired) electrons. The van der Waals surface area contributed by atoms with Gasteiger partial charge in [-0.05, 0) is 34.9 Å². The summed E-state index contributed by atoms with van der Waals surface area (Å²) in [6.07, 6.45) is 2.41. The molecule has 2 aliphatic rings. The second-order valence-electron chi connectivity index (χ2n) is 8.23. The van der Waals surface area contributed by atoms with Gasteiger partial charge in [-0.3, -0.25) is 14.0 Å². The predicted molar refractivity (Wildman–Crippen MR) is 132 cm³/mol. The number of halogens is 2. The Morgan fingerprint density at radius 3 is 2.20 bits per heavy atom. The second-order valence-corrected chi connectivity index (χ2v) is 11.6. The van der Waals surface area contributed by atoms with Crippen molar-refractivity contribution >= 4 is 31.8 Å². The first-order valence-corrected chi connectivity index (χ1v) is 14.7. The minimum absolute atomic E-state index is 0.0811. The molecule has 35 heavy (non-hydrogen) atoms. The van der Waals surface area contributed by atoms with E-state index in [1.54, 1.807) is 6.07 Å². The van der Waals surface area contributed by atoms with Crippen molar-refractivity contribution in [1.82, 2.24) is 10.2 Å². The van der Waals surface area contributed by atoms with Crippen LogP contribution in [0.25, 0.3) is 0 Å². The molecule has 0 bridgehead atoms. The summed E-state index contributed by atoms with van der Waals surface area (Å²) < 4.78 is 71.6. The quantitative estimate of drug-likeness (QED) is 0.489. The van der Waals surface area contributed by atoms with Crippen molar-refractivity contribution in [1.29, 1.82) is 0 Å². The zero-order valence-electron chi connectivity index (χ0n) is 19.4. The van der Waals surface area contributed by atoms with Crippen LogP contribution in [0.3, 0.4) is 0 Å². The summed E-state index contributed by atoms with van der Waals surface area (Å²) >= 11 is 5.96. The fraction of sp³-hybridized carbons (Fsp3) is 0.455. The fourth-order valence-electron chi connectivity index (χ4n) is 3.98. The van der Waals surface area contributed by atoms with Crippen LogP contribution in [0.2, 0.25) is 5.02 Å². The Labute approximate surface area is 210 Å². The molecule has 2 aromatic carbocycles. The number of hydrogen-bond donors (Lipinski definition) is 3. The molecule has 196 valence electrons. The van der Waals surface area contributed by atoms with Crippen molar-refractivity contribution in [2.75, 3.05) is 38.7 Å². The Morgan fingerprint density at radius 2 is 1.63 bits per heavy atom. The third-order valence-corrected chi connectivity index (χ3v) is 5.30. The summed E-state index contributed by atoms with van der Waals surface area (Å²) in [7, 11) is -7.33. The first kappa shape index (κ1) is 29.6. The molecule has 2 unspecified atom stereocenters. The van der Waals surface area contributed by atoms with Gasteiger partial charge in [-0.2, -0.15) is 16.8 Å². The lowest BCUT2D eigenvalue weighted by Gasteiger charge is -2.36. The van der Waals surface area contributed by atoms with Crippen LogP contribution >= 0.6 is 11.6 Å². The van der Waals surface area contributed by atoms with Gasteiger partial charge in [0, 0.05) is 37.6 Å². The van der Waals surface area contributed by atoms with Gasteiger partial charge in [0.25, 0.3) is 20.2 Å². The average molecular weight is 553 g/mol. The number of fused-ring (bicyclic) bond motifs is 1. The maximum atomic E-state index is 13.6. The third kappa shape index (κ3) is 11.8. The summed E-state index contributed by atoms with van der Waals surface area (Å²) in [5, 5.41) is 3.82. The highest BCUT2D eigenvalue weighted by atomic mass is 35.5.